The predicted octanol–water partition coefficient (Wildman–Crippen LogP) is 3.61. The van der Waals surface area contributed by atoms with E-state index in [0.29, 0.717) is 23.7 Å². The van der Waals surface area contributed by atoms with Crippen LogP contribution in [0.2, 0.25) is 0 Å². The van der Waals surface area contributed by atoms with Crippen molar-refractivity contribution < 1.29 is 14.3 Å². The van der Waals surface area contributed by atoms with E-state index in [-0.39, 0.29) is 5.91 Å². The summed E-state index contributed by atoms with van der Waals surface area (Å²) in [5.74, 6) is 1.27. The molecule has 4 rings (SSSR count). The van der Waals surface area contributed by atoms with Crippen molar-refractivity contribution in [2.75, 3.05) is 52.3 Å². The van der Waals surface area contributed by atoms with Crippen LogP contribution < -0.4 is 14.8 Å². The van der Waals surface area contributed by atoms with E-state index in [1.54, 1.807) is 32.4 Å². The highest BCUT2D eigenvalue weighted by Gasteiger charge is 2.20. The number of nitrogens with zero attached hydrogens (tertiary/aromatic N) is 2. The number of piperazine rings is 1. The molecule has 1 aliphatic heterocycles. The van der Waals surface area contributed by atoms with Gasteiger partial charge in [-0.25, -0.2) is 0 Å². The fourth-order valence-electron chi connectivity index (χ4n) is 4.06. The van der Waals surface area contributed by atoms with Crippen molar-refractivity contribution in [3.05, 3.63) is 66.2 Å². The standard InChI is InChI=1S/C25H29N3O3/c1-30-22-14-21(15-23(16-22)31-2)26-25(29)18-28-12-10-27(11-13-28)17-20-8-5-7-19-6-3-4-9-24(19)20/h3-9,14-16H,10-13,17-18H2,1-2H3,(H,26,29). The molecule has 31 heavy (non-hydrogen) atoms. The molecule has 1 fully saturated rings. The van der Waals surface area contributed by atoms with Crippen LogP contribution in [0.15, 0.2) is 60.7 Å². The zero-order chi connectivity index (χ0) is 21.6. The first kappa shape index (κ1) is 21.2. The van der Waals surface area contributed by atoms with Crippen LogP contribution in [-0.2, 0) is 11.3 Å². The molecule has 3 aromatic carbocycles. The van der Waals surface area contributed by atoms with E-state index < -0.39 is 0 Å². The Morgan fingerprint density at radius 3 is 2.23 bits per heavy atom. The maximum Gasteiger partial charge on any atom is 0.238 e. The van der Waals surface area contributed by atoms with Gasteiger partial charge in [0.2, 0.25) is 5.91 Å². The van der Waals surface area contributed by atoms with Gasteiger partial charge in [-0.1, -0.05) is 42.5 Å². The number of nitrogens with one attached hydrogen (secondary N) is 1. The number of carbonyl (C=O) groups excluding carboxylic acids is 1. The van der Waals surface area contributed by atoms with Crippen LogP contribution in [0.4, 0.5) is 5.69 Å². The molecule has 0 radical (unpaired) electrons. The van der Waals surface area contributed by atoms with Gasteiger partial charge in [0.1, 0.15) is 11.5 Å². The minimum Gasteiger partial charge on any atom is -0.497 e. The minimum atomic E-state index is -0.0298. The first-order valence-corrected chi connectivity index (χ1v) is 10.6. The number of carbonyl (C=O) groups is 1. The van der Waals surface area contributed by atoms with Crippen LogP contribution in [0.5, 0.6) is 11.5 Å². The second-order valence-corrected chi connectivity index (χ2v) is 7.84. The molecule has 6 heteroatoms. The normalized spacial score (nSPS) is 15.0. The molecule has 3 aromatic rings. The number of benzene rings is 3. The molecule has 0 unspecified atom stereocenters. The van der Waals surface area contributed by atoms with Gasteiger partial charge < -0.3 is 14.8 Å². The summed E-state index contributed by atoms with van der Waals surface area (Å²) in [5.41, 5.74) is 2.03. The fraction of sp³-hybridized carbons (Fsp3) is 0.320. The molecule has 1 heterocycles. The topological polar surface area (TPSA) is 54.0 Å². The number of hydrogen-bond donors (Lipinski definition) is 1. The highest BCUT2D eigenvalue weighted by molar-refractivity contribution is 5.92. The van der Waals surface area contributed by atoms with Gasteiger partial charge in [-0.05, 0) is 16.3 Å². The Balaban J connectivity index is 1.29. The fourth-order valence-corrected chi connectivity index (χ4v) is 4.06. The third-order valence-electron chi connectivity index (χ3n) is 5.74. The van der Waals surface area contributed by atoms with Crippen LogP contribution in [-0.4, -0.2) is 62.7 Å². The van der Waals surface area contributed by atoms with Crippen molar-refractivity contribution in [2.24, 2.45) is 0 Å². The van der Waals surface area contributed by atoms with Gasteiger partial charge in [-0.2, -0.15) is 0 Å². The van der Waals surface area contributed by atoms with Crippen LogP contribution >= 0.6 is 0 Å². The quantitative estimate of drug-likeness (QED) is 0.634. The maximum absolute atomic E-state index is 12.6. The number of hydrogen-bond acceptors (Lipinski definition) is 5. The molecule has 0 atom stereocenters. The smallest absolute Gasteiger partial charge is 0.238 e. The van der Waals surface area contributed by atoms with Gasteiger partial charge in [0.25, 0.3) is 0 Å². The lowest BCUT2D eigenvalue weighted by Gasteiger charge is -2.34. The number of methoxy groups -OCH3 is 2. The number of ether oxygens (including phenoxy) is 2. The summed E-state index contributed by atoms with van der Waals surface area (Å²) in [6.07, 6.45) is 0. The molecule has 0 spiro atoms. The van der Waals surface area contributed by atoms with Crippen molar-refractivity contribution in [3.63, 3.8) is 0 Å². The van der Waals surface area contributed by atoms with E-state index in [0.717, 1.165) is 32.7 Å². The summed E-state index contributed by atoms with van der Waals surface area (Å²) in [6, 6.07) is 20.4. The van der Waals surface area contributed by atoms with E-state index in [1.807, 2.05) is 0 Å². The Morgan fingerprint density at radius 2 is 1.52 bits per heavy atom. The van der Waals surface area contributed by atoms with Gasteiger partial charge in [-0.3, -0.25) is 14.6 Å². The Hall–Kier alpha value is -3.09. The van der Waals surface area contributed by atoms with Crippen molar-refractivity contribution in [1.82, 2.24) is 9.80 Å². The second-order valence-electron chi connectivity index (χ2n) is 7.84. The zero-order valence-corrected chi connectivity index (χ0v) is 18.1. The third-order valence-corrected chi connectivity index (χ3v) is 5.74. The summed E-state index contributed by atoms with van der Waals surface area (Å²) in [6.45, 7) is 4.96. The molecule has 0 saturated carbocycles. The van der Waals surface area contributed by atoms with E-state index in [1.165, 1.54) is 16.3 Å². The first-order valence-electron chi connectivity index (χ1n) is 10.6. The number of amides is 1. The molecular weight excluding hydrogens is 390 g/mol. The van der Waals surface area contributed by atoms with Gasteiger partial charge in [0.15, 0.2) is 0 Å². The lowest BCUT2D eigenvalue weighted by molar-refractivity contribution is -0.117. The highest BCUT2D eigenvalue weighted by atomic mass is 16.5. The lowest BCUT2D eigenvalue weighted by Crippen LogP contribution is -2.48. The predicted molar refractivity (Wildman–Crippen MR) is 124 cm³/mol. The number of anilines is 1. The van der Waals surface area contributed by atoms with Crippen LogP contribution in [0.1, 0.15) is 5.56 Å². The van der Waals surface area contributed by atoms with Crippen molar-refractivity contribution in [3.8, 4) is 11.5 Å². The summed E-state index contributed by atoms with van der Waals surface area (Å²) in [7, 11) is 3.19. The SMILES string of the molecule is COc1cc(NC(=O)CN2CCN(Cc3cccc4ccccc34)CC2)cc(OC)c1. The Morgan fingerprint density at radius 1 is 0.871 bits per heavy atom. The highest BCUT2D eigenvalue weighted by Crippen LogP contribution is 2.26. The number of rotatable bonds is 7. The largest absolute Gasteiger partial charge is 0.497 e. The van der Waals surface area contributed by atoms with Gasteiger partial charge in [0, 0.05) is 56.6 Å². The molecule has 6 nitrogen and oxygen atoms in total. The van der Waals surface area contributed by atoms with Crippen molar-refractivity contribution in [2.45, 2.75) is 6.54 Å². The van der Waals surface area contributed by atoms with Crippen molar-refractivity contribution >= 4 is 22.4 Å². The number of fused-ring (bicyclic) bond motifs is 1. The Bertz CT molecular complexity index is 1020. The average Bonchev–Trinajstić information content (AvgIpc) is 2.80. The summed E-state index contributed by atoms with van der Waals surface area (Å²) < 4.78 is 10.5. The molecule has 0 bridgehead atoms. The lowest BCUT2D eigenvalue weighted by atomic mass is 10.0. The molecule has 1 saturated heterocycles. The van der Waals surface area contributed by atoms with E-state index in [2.05, 4.69) is 57.6 Å². The molecule has 1 N–H and O–H groups in total. The summed E-state index contributed by atoms with van der Waals surface area (Å²) >= 11 is 0. The molecule has 1 aliphatic rings. The Labute approximate surface area is 183 Å². The van der Waals surface area contributed by atoms with Crippen LogP contribution in [0.25, 0.3) is 10.8 Å². The monoisotopic (exact) mass is 419 g/mol. The second kappa shape index (κ2) is 9.81. The summed E-state index contributed by atoms with van der Waals surface area (Å²) in [4.78, 5) is 17.2. The third kappa shape index (κ3) is 5.34. The maximum atomic E-state index is 12.6. The van der Waals surface area contributed by atoms with Gasteiger partial charge in [-0.15, -0.1) is 0 Å². The van der Waals surface area contributed by atoms with Crippen LogP contribution in [0.3, 0.4) is 0 Å². The Kier molecular flexibility index (Phi) is 6.70. The first-order chi connectivity index (χ1) is 15.1. The molecule has 162 valence electrons. The van der Waals surface area contributed by atoms with Gasteiger partial charge in [0.05, 0.1) is 20.8 Å². The van der Waals surface area contributed by atoms with Crippen LogP contribution in [0, 0.1) is 0 Å². The average molecular weight is 420 g/mol. The zero-order valence-electron chi connectivity index (χ0n) is 18.1. The minimum absolute atomic E-state index is 0.0298. The molecule has 1 amide bonds. The molecular formula is C25H29N3O3. The van der Waals surface area contributed by atoms with E-state index >= 15 is 0 Å². The molecule has 0 aromatic heterocycles. The van der Waals surface area contributed by atoms with Crippen molar-refractivity contribution in [1.29, 1.82) is 0 Å². The van der Waals surface area contributed by atoms with Gasteiger partial charge >= 0.3 is 0 Å². The summed E-state index contributed by atoms with van der Waals surface area (Å²) in [5, 5.41) is 5.56. The van der Waals surface area contributed by atoms with E-state index in [9.17, 15) is 4.79 Å². The van der Waals surface area contributed by atoms with E-state index in [4.69, 9.17) is 9.47 Å². The molecule has 0 aliphatic carbocycles.